The minimum absolute atomic E-state index is 0. The minimum Gasteiger partial charge on any atom is -0.497 e. The zero-order valence-electron chi connectivity index (χ0n) is 16.1. The van der Waals surface area contributed by atoms with Crippen molar-refractivity contribution < 1.29 is 4.74 Å². The first-order chi connectivity index (χ1) is 12.8. The Morgan fingerprint density at radius 3 is 2.74 bits per heavy atom. The van der Waals surface area contributed by atoms with Crippen molar-refractivity contribution in [2.75, 3.05) is 20.2 Å². The zero-order chi connectivity index (χ0) is 18.2. The summed E-state index contributed by atoms with van der Waals surface area (Å²) in [5.74, 6) is 3.74. The van der Waals surface area contributed by atoms with Gasteiger partial charge in [-0.15, -0.1) is 34.2 Å². The number of aryl methyl sites for hydroxylation is 1. The predicted octanol–water partition coefficient (Wildman–Crippen LogP) is 2.54. The van der Waals surface area contributed by atoms with E-state index in [4.69, 9.17) is 4.74 Å². The molecule has 0 radical (unpaired) electrons. The molecule has 0 unspecified atom stereocenters. The van der Waals surface area contributed by atoms with Gasteiger partial charge in [-0.25, -0.2) is 4.99 Å². The smallest absolute Gasteiger partial charge is 0.191 e. The van der Waals surface area contributed by atoms with Crippen molar-refractivity contribution in [1.29, 1.82) is 0 Å². The van der Waals surface area contributed by atoms with E-state index in [-0.39, 0.29) is 24.0 Å². The highest BCUT2D eigenvalue weighted by Crippen LogP contribution is 2.14. The Labute approximate surface area is 178 Å². The van der Waals surface area contributed by atoms with E-state index in [0.29, 0.717) is 6.54 Å². The Hall–Kier alpha value is -1.84. The van der Waals surface area contributed by atoms with Crippen LogP contribution in [0.3, 0.4) is 0 Å². The molecule has 0 aliphatic carbocycles. The number of halogens is 1. The normalized spacial score (nSPS) is 13.5. The van der Waals surface area contributed by atoms with Crippen LogP contribution in [-0.4, -0.2) is 40.9 Å². The van der Waals surface area contributed by atoms with Crippen molar-refractivity contribution in [3.63, 3.8) is 0 Å². The minimum atomic E-state index is 0. The van der Waals surface area contributed by atoms with E-state index in [1.54, 1.807) is 7.11 Å². The highest BCUT2D eigenvalue weighted by atomic mass is 127. The van der Waals surface area contributed by atoms with Crippen molar-refractivity contribution in [2.24, 2.45) is 4.99 Å². The summed E-state index contributed by atoms with van der Waals surface area (Å²) in [6, 6.07) is 8.16. The molecule has 0 atom stereocenters. The standard InChI is InChI=1S/C19H28N6O.HI/c1-3-20-19(21-12-11-15-7-9-16(26-2)10-8-15)22-14-18-24-23-17-6-4-5-13-25(17)18;/h7-10H,3-6,11-14H2,1-2H3,(H2,20,21,22);1H. The summed E-state index contributed by atoms with van der Waals surface area (Å²) in [6.07, 6.45) is 4.35. The van der Waals surface area contributed by atoms with E-state index < -0.39 is 0 Å². The summed E-state index contributed by atoms with van der Waals surface area (Å²) in [7, 11) is 1.68. The third-order valence-corrected chi connectivity index (χ3v) is 4.52. The van der Waals surface area contributed by atoms with Gasteiger partial charge in [0.15, 0.2) is 11.8 Å². The maximum absolute atomic E-state index is 5.19. The number of hydrogen-bond acceptors (Lipinski definition) is 4. The van der Waals surface area contributed by atoms with Crippen LogP contribution in [0.1, 0.15) is 37.0 Å². The van der Waals surface area contributed by atoms with Crippen LogP contribution in [0.2, 0.25) is 0 Å². The molecule has 8 heteroatoms. The van der Waals surface area contributed by atoms with Crippen LogP contribution in [0.4, 0.5) is 0 Å². The lowest BCUT2D eigenvalue weighted by molar-refractivity contribution is 0.414. The molecule has 0 bridgehead atoms. The van der Waals surface area contributed by atoms with Crippen molar-refractivity contribution in [3.8, 4) is 5.75 Å². The van der Waals surface area contributed by atoms with Crippen LogP contribution in [0.15, 0.2) is 29.3 Å². The number of aliphatic imine (C=N–C) groups is 1. The van der Waals surface area contributed by atoms with Gasteiger partial charge in [-0.1, -0.05) is 12.1 Å². The summed E-state index contributed by atoms with van der Waals surface area (Å²) in [4.78, 5) is 4.67. The van der Waals surface area contributed by atoms with E-state index >= 15 is 0 Å². The average Bonchev–Trinajstić information content (AvgIpc) is 3.10. The lowest BCUT2D eigenvalue weighted by Gasteiger charge is -2.14. The number of hydrogen-bond donors (Lipinski definition) is 2. The fourth-order valence-corrected chi connectivity index (χ4v) is 3.09. The molecule has 148 valence electrons. The molecule has 2 aromatic rings. The number of nitrogens with zero attached hydrogens (tertiary/aromatic N) is 4. The Balaban J connectivity index is 0.00000261. The number of fused-ring (bicyclic) bond motifs is 1. The van der Waals surface area contributed by atoms with Crippen LogP contribution in [0.25, 0.3) is 0 Å². The van der Waals surface area contributed by atoms with Gasteiger partial charge in [0, 0.05) is 26.1 Å². The molecule has 0 spiro atoms. The molecule has 7 nitrogen and oxygen atoms in total. The number of nitrogens with one attached hydrogen (secondary N) is 2. The van der Waals surface area contributed by atoms with E-state index in [0.717, 1.165) is 55.8 Å². The highest BCUT2D eigenvalue weighted by Gasteiger charge is 2.15. The molecule has 1 aromatic carbocycles. The van der Waals surface area contributed by atoms with Gasteiger partial charge in [0.25, 0.3) is 0 Å². The topological polar surface area (TPSA) is 76.4 Å². The predicted molar refractivity (Wildman–Crippen MR) is 118 cm³/mol. The Kier molecular flexibility index (Phi) is 8.83. The van der Waals surface area contributed by atoms with Crippen molar-refractivity contribution >= 4 is 29.9 Å². The van der Waals surface area contributed by atoms with Gasteiger partial charge in [-0.3, -0.25) is 0 Å². The van der Waals surface area contributed by atoms with Gasteiger partial charge < -0.3 is 19.9 Å². The van der Waals surface area contributed by atoms with Gasteiger partial charge in [0.05, 0.1) is 7.11 Å². The Morgan fingerprint density at radius 1 is 1.19 bits per heavy atom. The first kappa shape index (κ1) is 21.5. The number of aromatic nitrogens is 3. The number of rotatable bonds is 7. The highest BCUT2D eigenvalue weighted by molar-refractivity contribution is 14.0. The molecule has 0 saturated carbocycles. The second-order valence-electron chi connectivity index (χ2n) is 6.36. The van der Waals surface area contributed by atoms with Crippen molar-refractivity contribution in [2.45, 2.75) is 45.7 Å². The maximum Gasteiger partial charge on any atom is 0.191 e. The molecule has 3 rings (SSSR count). The molecule has 0 amide bonds. The summed E-state index contributed by atoms with van der Waals surface area (Å²) >= 11 is 0. The number of methoxy groups -OCH3 is 1. The average molecular weight is 484 g/mol. The fourth-order valence-electron chi connectivity index (χ4n) is 3.09. The van der Waals surface area contributed by atoms with Gasteiger partial charge >= 0.3 is 0 Å². The number of guanidine groups is 1. The zero-order valence-corrected chi connectivity index (χ0v) is 18.4. The Bertz CT molecular complexity index is 728. The largest absolute Gasteiger partial charge is 0.497 e. The van der Waals surface area contributed by atoms with Crippen molar-refractivity contribution in [3.05, 3.63) is 41.5 Å². The van der Waals surface area contributed by atoms with Gasteiger partial charge in [-0.05, 0) is 43.9 Å². The fraction of sp³-hybridized carbons (Fsp3) is 0.526. The van der Waals surface area contributed by atoms with E-state index in [9.17, 15) is 0 Å². The van der Waals surface area contributed by atoms with E-state index in [2.05, 4.69) is 49.4 Å². The molecule has 0 fully saturated rings. The molecule has 1 aromatic heterocycles. The summed E-state index contributed by atoms with van der Waals surface area (Å²) in [6.45, 7) is 5.27. The number of benzene rings is 1. The molecule has 0 saturated heterocycles. The Morgan fingerprint density at radius 2 is 2.00 bits per heavy atom. The molecule has 1 aliphatic heterocycles. The quantitative estimate of drug-likeness (QED) is 0.359. The lowest BCUT2D eigenvalue weighted by atomic mass is 10.1. The van der Waals surface area contributed by atoms with Gasteiger partial charge in [-0.2, -0.15) is 0 Å². The van der Waals surface area contributed by atoms with Gasteiger partial charge in [0.1, 0.15) is 18.1 Å². The third-order valence-electron chi connectivity index (χ3n) is 4.52. The van der Waals surface area contributed by atoms with Gasteiger partial charge in [0.2, 0.25) is 0 Å². The summed E-state index contributed by atoms with van der Waals surface area (Å²) in [5, 5.41) is 15.3. The lowest BCUT2D eigenvalue weighted by Crippen LogP contribution is -2.38. The van der Waals surface area contributed by atoms with Crippen molar-refractivity contribution in [1.82, 2.24) is 25.4 Å². The van der Waals surface area contributed by atoms with Crippen LogP contribution in [-0.2, 0) is 25.9 Å². The third kappa shape index (κ3) is 6.08. The molecule has 27 heavy (non-hydrogen) atoms. The van der Waals surface area contributed by atoms with Crippen LogP contribution >= 0.6 is 24.0 Å². The van der Waals surface area contributed by atoms with Crippen LogP contribution in [0.5, 0.6) is 5.75 Å². The van der Waals surface area contributed by atoms with Crippen LogP contribution in [0, 0.1) is 0 Å². The first-order valence-corrected chi connectivity index (χ1v) is 9.36. The number of ether oxygens (including phenoxy) is 1. The second kappa shape index (κ2) is 11.1. The monoisotopic (exact) mass is 484 g/mol. The summed E-state index contributed by atoms with van der Waals surface area (Å²) < 4.78 is 7.41. The first-order valence-electron chi connectivity index (χ1n) is 9.36. The SMILES string of the molecule is CCNC(=NCc1nnc2n1CCCC2)NCCc1ccc(OC)cc1.I. The van der Waals surface area contributed by atoms with E-state index in [1.165, 1.54) is 18.4 Å². The van der Waals surface area contributed by atoms with E-state index in [1.807, 2.05) is 12.1 Å². The second-order valence-corrected chi connectivity index (χ2v) is 6.36. The summed E-state index contributed by atoms with van der Waals surface area (Å²) in [5.41, 5.74) is 1.26. The van der Waals surface area contributed by atoms with Crippen LogP contribution < -0.4 is 15.4 Å². The molecular weight excluding hydrogens is 455 g/mol. The molecule has 2 heterocycles. The molecule has 2 N–H and O–H groups in total. The maximum atomic E-state index is 5.19. The molecular formula is C19H29IN6O. The molecule has 1 aliphatic rings.